The van der Waals surface area contributed by atoms with Crippen LogP contribution in [0.3, 0.4) is 0 Å². The van der Waals surface area contributed by atoms with Crippen molar-refractivity contribution < 1.29 is 19.1 Å². The Bertz CT molecular complexity index is 851. The maximum Gasteiger partial charge on any atom is 0.337 e. The van der Waals surface area contributed by atoms with Crippen LogP contribution in [-0.2, 0) is 4.74 Å². The summed E-state index contributed by atoms with van der Waals surface area (Å²) < 4.78 is 4.61. The van der Waals surface area contributed by atoms with Gasteiger partial charge < -0.3 is 15.8 Å². The highest BCUT2D eigenvalue weighted by Gasteiger charge is 2.13. The monoisotopic (exact) mass is 357 g/mol. The second kappa shape index (κ2) is 8.02. The van der Waals surface area contributed by atoms with Crippen molar-refractivity contribution in [2.45, 2.75) is 0 Å². The van der Waals surface area contributed by atoms with Crippen molar-refractivity contribution in [3.63, 3.8) is 0 Å². The topological polar surface area (TPSA) is 111 Å². The van der Waals surface area contributed by atoms with Gasteiger partial charge in [-0.3, -0.25) is 14.9 Å². The number of hydrogen-bond acceptors (Lipinski definition) is 5. The van der Waals surface area contributed by atoms with Crippen LogP contribution in [0.2, 0.25) is 0 Å². The predicted molar refractivity (Wildman–Crippen MR) is 96.4 cm³/mol. The Kier molecular flexibility index (Phi) is 5.80. The van der Waals surface area contributed by atoms with Gasteiger partial charge >= 0.3 is 5.97 Å². The number of amides is 2. The molecule has 0 saturated heterocycles. The average molecular weight is 357 g/mol. The minimum Gasteiger partial charge on any atom is -0.465 e. The zero-order valence-corrected chi connectivity index (χ0v) is 14.1. The lowest BCUT2D eigenvalue weighted by Crippen LogP contribution is -2.34. The molecule has 2 aromatic rings. The van der Waals surface area contributed by atoms with Gasteiger partial charge in [0.1, 0.15) is 0 Å². The molecule has 7 nitrogen and oxygen atoms in total. The molecule has 8 heteroatoms. The van der Waals surface area contributed by atoms with E-state index in [2.05, 4.69) is 15.4 Å². The minimum absolute atomic E-state index is 0.0119. The summed E-state index contributed by atoms with van der Waals surface area (Å²) in [5.74, 6) is -1.69. The van der Waals surface area contributed by atoms with Crippen LogP contribution >= 0.6 is 12.2 Å². The quantitative estimate of drug-likeness (QED) is 0.567. The molecule has 4 N–H and O–H groups in total. The lowest BCUT2D eigenvalue weighted by atomic mass is 10.1. The number of anilines is 1. The average Bonchev–Trinajstić information content (AvgIpc) is 2.61. The second-order valence-corrected chi connectivity index (χ2v) is 5.30. The molecule has 2 amide bonds. The Morgan fingerprint density at radius 1 is 1.04 bits per heavy atom. The molecule has 25 heavy (non-hydrogen) atoms. The number of benzene rings is 2. The smallest absolute Gasteiger partial charge is 0.337 e. The molecular weight excluding hydrogens is 342 g/mol. The molecule has 0 heterocycles. The van der Waals surface area contributed by atoms with Gasteiger partial charge in [0.2, 0.25) is 0 Å². The van der Waals surface area contributed by atoms with E-state index in [0.717, 1.165) is 0 Å². The number of para-hydroxylation sites is 1. The molecule has 0 fully saturated rings. The van der Waals surface area contributed by atoms with Gasteiger partial charge in [-0.25, -0.2) is 4.79 Å². The Labute approximate surface area is 149 Å². The number of carbonyl (C=O) groups excluding carboxylic acids is 3. The number of rotatable bonds is 4. The Hall–Kier alpha value is -3.26. The van der Waals surface area contributed by atoms with Crippen LogP contribution in [0.5, 0.6) is 0 Å². The van der Waals surface area contributed by atoms with Gasteiger partial charge in [-0.1, -0.05) is 18.2 Å². The van der Waals surface area contributed by atoms with E-state index < -0.39 is 17.8 Å². The number of carbonyl (C=O) groups is 3. The van der Waals surface area contributed by atoms with Crippen LogP contribution in [-0.4, -0.2) is 30.0 Å². The molecule has 0 atom stereocenters. The minimum atomic E-state index is -0.622. The Morgan fingerprint density at radius 2 is 1.72 bits per heavy atom. The first kappa shape index (κ1) is 18.1. The molecule has 0 aliphatic carbocycles. The summed E-state index contributed by atoms with van der Waals surface area (Å²) in [4.78, 5) is 35.1. The second-order valence-electron chi connectivity index (χ2n) is 4.89. The number of nitrogens with one attached hydrogen (secondary N) is 2. The molecule has 2 aromatic carbocycles. The van der Waals surface area contributed by atoms with E-state index in [9.17, 15) is 14.4 Å². The lowest BCUT2D eigenvalue weighted by molar-refractivity contribution is 0.0600. The molecule has 0 saturated carbocycles. The van der Waals surface area contributed by atoms with Crippen LogP contribution in [0.15, 0.2) is 48.5 Å². The first-order valence-electron chi connectivity index (χ1n) is 7.12. The van der Waals surface area contributed by atoms with Gasteiger partial charge in [-0.2, -0.15) is 0 Å². The van der Waals surface area contributed by atoms with E-state index in [4.69, 9.17) is 18.0 Å². The van der Waals surface area contributed by atoms with Gasteiger partial charge in [-0.15, -0.1) is 0 Å². The number of hydrogen-bond donors (Lipinski definition) is 3. The van der Waals surface area contributed by atoms with Crippen molar-refractivity contribution in [1.29, 1.82) is 0 Å². The number of nitrogens with two attached hydrogens (primary N) is 1. The molecule has 0 aliphatic rings. The third-order valence-corrected chi connectivity index (χ3v) is 3.42. The van der Waals surface area contributed by atoms with Crippen molar-refractivity contribution in [2.75, 3.05) is 12.4 Å². The number of methoxy groups -OCH3 is 1. The van der Waals surface area contributed by atoms with Crippen molar-refractivity contribution in [1.82, 2.24) is 5.32 Å². The fourth-order valence-electron chi connectivity index (χ4n) is 2.04. The highest BCUT2D eigenvalue weighted by Crippen LogP contribution is 2.14. The zero-order chi connectivity index (χ0) is 18.4. The maximum atomic E-state index is 12.2. The summed E-state index contributed by atoms with van der Waals surface area (Å²) in [7, 11) is 1.25. The molecule has 2 rings (SSSR count). The van der Waals surface area contributed by atoms with Gasteiger partial charge in [0.05, 0.1) is 23.9 Å². The molecule has 0 radical (unpaired) electrons. The summed E-state index contributed by atoms with van der Waals surface area (Å²) in [5.41, 5.74) is 6.38. The Balaban J connectivity index is 2.10. The van der Waals surface area contributed by atoms with Gasteiger partial charge in [0, 0.05) is 5.56 Å². The maximum absolute atomic E-state index is 12.2. The molecule has 0 aliphatic heterocycles. The highest BCUT2D eigenvalue weighted by atomic mass is 32.1. The van der Waals surface area contributed by atoms with Crippen LogP contribution < -0.4 is 16.4 Å². The van der Waals surface area contributed by atoms with Crippen LogP contribution in [0.1, 0.15) is 31.1 Å². The normalized spacial score (nSPS) is 9.80. The number of esters is 1. The SMILES string of the molecule is COC(=O)c1cccc(C(=O)NC(=S)Nc2ccccc2C(N)=O)c1. The third-order valence-electron chi connectivity index (χ3n) is 3.21. The summed E-state index contributed by atoms with van der Waals surface area (Å²) in [6.45, 7) is 0. The molecule has 0 unspecified atom stereocenters. The summed E-state index contributed by atoms with van der Waals surface area (Å²) in [6.07, 6.45) is 0. The number of thiocarbonyl (C=S) groups is 1. The first-order valence-corrected chi connectivity index (χ1v) is 7.52. The van der Waals surface area contributed by atoms with Crippen LogP contribution in [0, 0.1) is 0 Å². The van der Waals surface area contributed by atoms with Crippen molar-refractivity contribution in [3.05, 3.63) is 65.2 Å². The fourth-order valence-corrected chi connectivity index (χ4v) is 2.24. The van der Waals surface area contributed by atoms with Gasteiger partial charge in [-0.05, 0) is 42.5 Å². The van der Waals surface area contributed by atoms with Gasteiger partial charge in [0.25, 0.3) is 11.8 Å². The molecular formula is C17H15N3O4S. The lowest BCUT2D eigenvalue weighted by Gasteiger charge is -2.12. The number of primary amides is 1. The van der Waals surface area contributed by atoms with E-state index in [1.807, 2.05) is 0 Å². The number of ether oxygens (including phenoxy) is 1. The van der Waals surface area contributed by atoms with Crippen molar-refractivity contribution >= 4 is 40.8 Å². The summed E-state index contributed by atoms with van der Waals surface area (Å²) >= 11 is 5.08. The van der Waals surface area contributed by atoms with Crippen LogP contribution in [0.4, 0.5) is 5.69 Å². The first-order chi connectivity index (χ1) is 11.9. The fraction of sp³-hybridized carbons (Fsp3) is 0.0588. The van der Waals surface area contributed by atoms with Crippen molar-refractivity contribution in [2.24, 2.45) is 5.73 Å². The summed E-state index contributed by atoms with van der Waals surface area (Å²) in [6, 6.07) is 12.5. The highest BCUT2D eigenvalue weighted by molar-refractivity contribution is 7.80. The Morgan fingerprint density at radius 3 is 2.40 bits per heavy atom. The zero-order valence-electron chi connectivity index (χ0n) is 13.2. The molecule has 0 spiro atoms. The largest absolute Gasteiger partial charge is 0.465 e. The van der Waals surface area contributed by atoms with E-state index in [1.165, 1.54) is 31.4 Å². The molecule has 0 aromatic heterocycles. The van der Waals surface area contributed by atoms with Crippen LogP contribution in [0.25, 0.3) is 0 Å². The van der Waals surface area contributed by atoms with Crippen molar-refractivity contribution in [3.8, 4) is 0 Å². The van der Waals surface area contributed by atoms with E-state index in [1.54, 1.807) is 24.3 Å². The third kappa shape index (κ3) is 4.61. The standard InChI is InChI=1S/C17H15N3O4S/c1-24-16(23)11-6-4-5-10(9-11)15(22)20-17(25)19-13-8-3-2-7-12(13)14(18)21/h2-9H,1H3,(H2,18,21)(H2,19,20,22,25). The predicted octanol–water partition coefficient (Wildman–Crippen LogP) is 1.70. The van der Waals surface area contributed by atoms with E-state index >= 15 is 0 Å². The summed E-state index contributed by atoms with van der Waals surface area (Å²) in [5, 5.41) is 5.21. The molecule has 0 bridgehead atoms. The molecule has 128 valence electrons. The van der Waals surface area contributed by atoms with Gasteiger partial charge in [0.15, 0.2) is 5.11 Å². The van der Waals surface area contributed by atoms with E-state index in [0.29, 0.717) is 5.69 Å². The van der Waals surface area contributed by atoms with E-state index in [-0.39, 0.29) is 21.8 Å².